The number of thiophene rings is 1. The Hall–Kier alpha value is -1.88. The maximum atomic E-state index is 12.9. The van der Waals surface area contributed by atoms with Crippen LogP contribution in [0.15, 0.2) is 36.4 Å². The van der Waals surface area contributed by atoms with Crippen molar-refractivity contribution >= 4 is 28.3 Å². The highest BCUT2D eigenvalue weighted by Crippen LogP contribution is 2.27. The zero-order valence-electron chi connectivity index (χ0n) is 11.0. The summed E-state index contributed by atoms with van der Waals surface area (Å²) in [6.45, 7) is 3.63. The molecule has 0 radical (unpaired) electrons. The van der Waals surface area contributed by atoms with Crippen molar-refractivity contribution in [2.45, 2.75) is 0 Å². The van der Waals surface area contributed by atoms with Gasteiger partial charge in [-0.1, -0.05) is 0 Å². The van der Waals surface area contributed by atoms with Gasteiger partial charge < -0.3 is 9.80 Å². The Balaban J connectivity index is 1.64. The third-order valence-corrected chi connectivity index (χ3v) is 4.58. The molecule has 3 nitrogen and oxygen atoms in total. The van der Waals surface area contributed by atoms with Gasteiger partial charge in [0, 0.05) is 31.9 Å². The summed E-state index contributed by atoms with van der Waals surface area (Å²) in [4.78, 5) is 16.0. The van der Waals surface area contributed by atoms with E-state index in [0.717, 1.165) is 48.0 Å². The Morgan fingerprint density at radius 1 is 0.950 bits per heavy atom. The van der Waals surface area contributed by atoms with E-state index in [1.165, 1.54) is 23.5 Å². The van der Waals surface area contributed by atoms with Crippen LogP contribution in [-0.4, -0.2) is 32.5 Å². The van der Waals surface area contributed by atoms with Crippen LogP contribution in [-0.2, 0) is 0 Å². The van der Waals surface area contributed by atoms with Crippen molar-refractivity contribution in [1.82, 2.24) is 0 Å². The summed E-state index contributed by atoms with van der Waals surface area (Å²) in [6, 6.07) is 10.5. The highest BCUT2D eigenvalue weighted by Gasteiger charge is 2.18. The molecule has 1 aromatic carbocycles. The Bertz CT molecular complexity index is 588. The molecule has 0 atom stereocenters. The fourth-order valence-electron chi connectivity index (χ4n) is 2.41. The van der Waals surface area contributed by atoms with Crippen molar-refractivity contribution in [2.24, 2.45) is 0 Å². The van der Waals surface area contributed by atoms with Crippen LogP contribution in [0.3, 0.4) is 0 Å². The van der Waals surface area contributed by atoms with Gasteiger partial charge in [-0.15, -0.1) is 11.3 Å². The van der Waals surface area contributed by atoms with Gasteiger partial charge in [0.25, 0.3) is 0 Å². The van der Waals surface area contributed by atoms with Crippen molar-refractivity contribution in [1.29, 1.82) is 0 Å². The number of carbonyl (C=O) groups excluding carboxylic acids is 1. The van der Waals surface area contributed by atoms with Crippen molar-refractivity contribution in [3.05, 3.63) is 47.1 Å². The summed E-state index contributed by atoms with van der Waals surface area (Å²) in [5.41, 5.74) is 1.06. The highest BCUT2D eigenvalue weighted by atomic mass is 32.1. The molecule has 0 unspecified atom stereocenters. The van der Waals surface area contributed by atoms with Crippen LogP contribution in [0, 0.1) is 5.82 Å². The van der Waals surface area contributed by atoms with Crippen molar-refractivity contribution in [3.8, 4) is 0 Å². The van der Waals surface area contributed by atoms with Gasteiger partial charge in [0.15, 0.2) is 6.29 Å². The minimum absolute atomic E-state index is 0.202. The van der Waals surface area contributed by atoms with Gasteiger partial charge in [0.2, 0.25) is 0 Å². The van der Waals surface area contributed by atoms with Crippen molar-refractivity contribution in [2.75, 3.05) is 36.0 Å². The third kappa shape index (κ3) is 2.67. The number of hydrogen-bond acceptors (Lipinski definition) is 4. The van der Waals surface area contributed by atoms with Gasteiger partial charge in [-0.2, -0.15) is 0 Å². The van der Waals surface area contributed by atoms with E-state index < -0.39 is 0 Å². The SMILES string of the molecule is O=Cc1ccc(N2CCN(c3ccc(F)cc3)CC2)s1. The average molecular weight is 290 g/mol. The van der Waals surface area contributed by atoms with Crippen LogP contribution in [0.1, 0.15) is 9.67 Å². The van der Waals surface area contributed by atoms with Crippen LogP contribution < -0.4 is 9.80 Å². The number of nitrogens with zero attached hydrogens (tertiary/aromatic N) is 2. The molecule has 0 amide bonds. The largest absolute Gasteiger partial charge is 0.368 e. The van der Waals surface area contributed by atoms with E-state index in [0.29, 0.717) is 0 Å². The molecule has 1 saturated heterocycles. The molecule has 0 saturated carbocycles. The lowest BCUT2D eigenvalue weighted by atomic mass is 10.2. The zero-order valence-corrected chi connectivity index (χ0v) is 11.8. The molecule has 2 aromatic rings. The molecule has 2 heterocycles. The summed E-state index contributed by atoms with van der Waals surface area (Å²) in [5.74, 6) is -0.202. The van der Waals surface area contributed by atoms with Gasteiger partial charge >= 0.3 is 0 Å². The fraction of sp³-hybridized carbons (Fsp3) is 0.267. The second-order valence-corrected chi connectivity index (χ2v) is 5.84. The Morgan fingerprint density at radius 2 is 1.60 bits per heavy atom. The molecule has 1 aliphatic heterocycles. The lowest BCUT2D eigenvalue weighted by Crippen LogP contribution is -2.46. The first kappa shape index (κ1) is 13.1. The van der Waals surface area contributed by atoms with Gasteiger partial charge in [0.05, 0.1) is 9.88 Å². The smallest absolute Gasteiger partial charge is 0.160 e. The summed E-state index contributed by atoms with van der Waals surface area (Å²) in [5, 5.41) is 1.14. The number of aldehydes is 1. The van der Waals surface area contributed by atoms with Crippen LogP contribution in [0.2, 0.25) is 0 Å². The predicted molar refractivity (Wildman–Crippen MR) is 80.5 cm³/mol. The zero-order chi connectivity index (χ0) is 13.9. The van der Waals surface area contributed by atoms with Crippen LogP contribution in [0.4, 0.5) is 15.1 Å². The Kier molecular flexibility index (Phi) is 3.69. The molecule has 1 aliphatic rings. The quantitative estimate of drug-likeness (QED) is 0.812. The van der Waals surface area contributed by atoms with Crippen LogP contribution >= 0.6 is 11.3 Å². The number of hydrogen-bond donors (Lipinski definition) is 0. The van der Waals surface area contributed by atoms with Crippen LogP contribution in [0.25, 0.3) is 0 Å². The van der Waals surface area contributed by atoms with Crippen molar-refractivity contribution < 1.29 is 9.18 Å². The summed E-state index contributed by atoms with van der Waals surface area (Å²) in [7, 11) is 0. The first-order chi connectivity index (χ1) is 9.76. The first-order valence-corrected chi connectivity index (χ1v) is 7.38. The summed E-state index contributed by atoms with van der Waals surface area (Å²) >= 11 is 1.53. The molecule has 0 aliphatic carbocycles. The first-order valence-electron chi connectivity index (χ1n) is 6.57. The standard InChI is InChI=1S/C15H15FN2OS/c16-12-1-3-13(4-2-12)17-7-9-18(10-8-17)15-6-5-14(11-19)20-15/h1-6,11H,7-10H2. The van der Waals surface area contributed by atoms with Gasteiger partial charge in [-0.3, -0.25) is 4.79 Å². The highest BCUT2D eigenvalue weighted by molar-refractivity contribution is 7.17. The van der Waals surface area contributed by atoms with Gasteiger partial charge in [-0.25, -0.2) is 4.39 Å². The molecule has 0 bridgehead atoms. The number of rotatable bonds is 3. The molecule has 20 heavy (non-hydrogen) atoms. The van der Waals surface area contributed by atoms with E-state index in [2.05, 4.69) is 9.80 Å². The minimum atomic E-state index is -0.202. The molecule has 5 heteroatoms. The molecular weight excluding hydrogens is 275 g/mol. The second-order valence-electron chi connectivity index (χ2n) is 4.74. The lowest BCUT2D eigenvalue weighted by molar-refractivity contribution is 0.112. The molecule has 3 rings (SSSR count). The van der Waals surface area contributed by atoms with E-state index in [-0.39, 0.29) is 5.82 Å². The van der Waals surface area contributed by atoms with E-state index in [1.54, 1.807) is 0 Å². The van der Waals surface area contributed by atoms with E-state index >= 15 is 0 Å². The van der Waals surface area contributed by atoms with Crippen molar-refractivity contribution in [3.63, 3.8) is 0 Å². The van der Waals surface area contributed by atoms with E-state index in [4.69, 9.17) is 0 Å². The third-order valence-electron chi connectivity index (χ3n) is 3.51. The maximum absolute atomic E-state index is 12.9. The van der Waals surface area contributed by atoms with E-state index in [9.17, 15) is 9.18 Å². The van der Waals surface area contributed by atoms with Gasteiger partial charge in [0.1, 0.15) is 5.82 Å². The number of anilines is 2. The number of piperazine rings is 1. The number of benzene rings is 1. The molecule has 1 fully saturated rings. The molecular formula is C15H15FN2OS. The fourth-order valence-corrected chi connectivity index (χ4v) is 3.29. The minimum Gasteiger partial charge on any atom is -0.368 e. The molecule has 1 aromatic heterocycles. The maximum Gasteiger partial charge on any atom is 0.160 e. The average Bonchev–Trinajstić information content (AvgIpc) is 2.97. The topological polar surface area (TPSA) is 23.6 Å². The molecule has 104 valence electrons. The Labute approximate surface area is 121 Å². The van der Waals surface area contributed by atoms with Crippen LogP contribution in [0.5, 0.6) is 0 Å². The number of halogens is 1. The summed E-state index contributed by atoms with van der Waals surface area (Å²) < 4.78 is 12.9. The summed E-state index contributed by atoms with van der Waals surface area (Å²) in [6.07, 6.45) is 0.892. The van der Waals surface area contributed by atoms with E-state index in [1.807, 2.05) is 24.3 Å². The number of carbonyl (C=O) groups is 1. The van der Waals surface area contributed by atoms with Gasteiger partial charge in [-0.05, 0) is 36.4 Å². The monoisotopic (exact) mass is 290 g/mol. The lowest BCUT2D eigenvalue weighted by Gasteiger charge is -2.36. The second kappa shape index (κ2) is 5.63. The normalized spacial score (nSPS) is 15.4. The molecule has 0 N–H and O–H groups in total. The Morgan fingerprint density at radius 3 is 2.20 bits per heavy atom. The molecule has 0 spiro atoms. The predicted octanol–water partition coefficient (Wildman–Crippen LogP) is 3.03.